The fourth-order valence-electron chi connectivity index (χ4n) is 9.26. The average Bonchev–Trinajstić information content (AvgIpc) is 3.37. The summed E-state index contributed by atoms with van der Waals surface area (Å²) in [5, 5.41) is 181. The van der Waals surface area contributed by atoms with Gasteiger partial charge in [-0.05, 0) is 42.0 Å². The summed E-state index contributed by atoms with van der Waals surface area (Å²) >= 11 is 0. The lowest BCUT2D eigenvalue weighted by Gasteiger charge is -2.39. The Kier molecular flexibility index (Phi) is 12.5. The number of benzene rings is 5. The predicted octanol–water partition coefficient (Wildman–Crippen LogP) is 0.227. The van der Waals surface area contributed by atoms with Crippen LogP contribution in [0.2, 0.25) is 0 Å². The molecule has 0 aliphatic carbocycles. The Labute approximate surface area is 416 Å². The van der Waals surface area contributed by atoms with Gasteiger partial charge >= 0.3 is 0 Å². The van der Waals surface area contributed by atoms with Gasteiger partial charge in [-0.2, -0.15) is 0 Å². The lowest BCUT2D eigenvalue weighted by Crippen LogP contribution is -2.60. The second kappa shape index (κ2) is 18.6. The summed E-state index contributed by atoms with van der Waals surface area (Å²) in [6, 6.07) is 11.0. The summed E-state index contributed by atoms with van der Waals surface area (Å²) in [4.78, 5) is 27.8. The van der Waals surface area contributed by atoms with Gasteiger partial charge in [-0.3, -0.25) is 9.59 Å². The minimum Gasteiger partial charge on any atom is -0.508 e. The van der Waals surface area contributed by atoms with Crippen molar-refractivity contribution in [1.29, 1.82) is 0 Å². The van der Waals surface area contributed by atoms with Crippen LogP contribution in [0.4, 0.5) is 0 Å². The highest BCUT2D eigenvalue weighted by atomic mass is 16.7. The first-order valence-corrected chi connectivity index (χ1v) is 22.3. The zero-order chi connectivity index (χ0) is 53.8. The first kappa shape index (κ1) is 50.3. The van der Waals surface area contributed by atoms with E-state index in [1.165, 1.54) is 36.4 Å². The van der Waals surface area contributed by atoms with Crippen molar-refractivity contribution in [3.63, 3.8) is 0 Å². The number of fused-ring (bicyclic) bond motifs is 4. The molecule has 2 fully saturated rings. The van der Waals surface area contributed by atoms with Crippen molar-refractivity contribution in [1.82, 2.24) is 0 Å². The molecule has 0 spiro atoms. The monoisotopic (exact) mass is 1050 g/mol. The van der Waals surface area contributed by atoms with Gasteiger partial charge in [0.15, 0.2) is 57.2 Å². The molecule has 0 unspecified atom stereocenters. The maximum Gasteiger partial charge on any atom is 0.238 e. The lowest BCUT2D eigenvalue weighted by atomic mass is 9.80. The molecule has 3 aliphatic rings. The Bertz CT molecular complexity index is 3340. The summed E-state index contributed by atoms with van der Waals surface area (Å²) in [6.45, 7) is -1.76. The van der Waals surface area contributed by atoms with Crippen molar-refractivity contribution >= 4 is 21.9 Å². The number of phenolic OH excluding ortho intramolecular Hbond substituents is 7. The molecule has 5 heterocycles. The van der Waals surface area contributed by atoms with E-state index in [0.29, 0.717) is 12.1 Å². The molecule has 394 valence electrons. The highest BCUT2D eigenvalue weighted by Crippen LogP contribution is 2.57. The number of aliphatic hydroxyl groups is 8. The topological polar surface area (TPSA) is 450 Å². The lowest BCUT2D eigenvalue weighted by molar-refractivity contribution is -0.277. The smallest absolute Gasteiger partial charge is 0.238 e. The van der Waals surface area contributed by atoms with Crippen LogP contribution in [0.1, 0.15) is 22.6 Å². The number of rotatable bonds is 9. The Morgan fingerprint density at radius 2 is 0.867 bits per heavy atom. The molecule has 75 heavy (non-hydrogen) atoms. The van der Waals surface area contributed by atoms with E-state index in [4.69, 9.17) is 32.5 Å². The number of hydrogen-bond acceptors (Lipinski definition) is 26. The van der Waals surface area contributed by atoms with E-state index in [0.717, 1.165) is 12.1 Å². The van der Waals surface area contributed by atoms with Gasteiger partial charge < -0.3 is 119 Å². The summed E-state index contributed by atoms with van der Waals surface area (Å²) in [5.74, 6) is -13.0. The molecule has 0 radical (unpaired) electrons. The van der Waals surface area contributed by atoms with Crippen LogP contribution < -0.4 is 25.1 Å². The fraction of sp³-hybridized carbons (Fsp3) is 0.265. The molecule has 17 N–H and O–H groups in total. The van der Waals surface area contributed by atoms with Crippen molar-refractivity contribution < 1.29 is 119 Å². The summed E-state index contributed by atoms with van der Waals surface area (Å²) in [6.07, 6.45) is -18.6. The van der Waals surface area contributed by atoms with Gasteiger partial charge in [0.25, 0.3) is 0 Å². The number of hydrogen-bond donors (Lipinski definition) is 17. The zero-order valence-electron chi connectivity index (χ0n) is 37.8. The normalized spacial score (nSPS) is 24.6. The molecule has 0 amide bonds. The highest BCUT2D eigenvalue weighted by Gasteiger charge is 2.47. The minimum absolute atomic E-state index is 0.0484. The van der Waals surface area contributed by atoms with Crippen LogP contribution in [-0.2, 0) is 9.47 Å². The summed E-state index contributed by atoms with van der Waals surface area (Å²) in [5.41, 5.74) is -4.78. The molecule has 2 aromatic heterocycles. The van der Waals surface area contributed by atoms with Gasteiger partial charge in [0.05, 0.1) is 13.2 Å². The van der Waals surface area contributed by atoms with Crippen molar-refractivity contribution in [2.75, 3.05) is 13.2 Å². The molecule has 26 nitrogen and oxygen atoms in total. The van der Waals surface area contributed by atoms with Crippen molar-refractivity contribution in [2.24, 2.45) is 0 Å². The van der Waals surface area contributed by atoms with Crippen LogP contribution in [0.3, 0.4) is 0 Å². The molecule has 2 saturated heterocycles. The third-order valence-corrected chi connectivity index (χ3v) is 13.1. The third kappa shape index (κ3) is 8.08. The van der Waals surface area contributed by atoms with E-state index in [2.05, 4.69) is 0 Å². The van der Waals surface area contributed by atoms with Gasteiger partial charge in [0.1, 0.15) is 76.9 Å². The molecule has 10 rings (SSSR count). The van der Waals surface area contributed by atoms with Gasteiger partial charge in [-0.1, -0.05) is 12.1 Å². The van der Waals surface area contributed by atoms with E-state index in [-0.39, 0.29) is 45.1 Å². The van der Waals surface area contributed by atoms with E-state index < -0.39 is 182 Å². The molecule has 3 aliphatic heterocycles. The second-order valence-corrected chi connectivity index (χ2v) is 17.7. The minimum atomic E-state index is -2.05. The number of aliphatic hydroxyl groups excluding tert-OH is 8. The molecule has 26 heteroatoms. The van der Waals surface area contributed by atoms with Crippen molar-refractivity contribution in [2.45, 2.75) is 67.3 Å². The van der Waals surface area contributed by atoms with E-state index in [1.54, 1.807) is 0 Å². The van der Waals surface area contributed by atoms with Gasteiger partial charge in [-0.25, -0.2) is 0 Å². The molecule has 5 aromatic carbocycles. The molecule has 10 atom stereocenters. The van der Waals surface area contributed by atoms with Gasteiger partial charge in [-0.15, -0.1) is 0 Å². The summed E-state index contributed by atoms with van der Waals surface area (Å²) in [7, 11) is 0. The molecular weight excluding hydrogens is 1000 g/mol. The highest BCUT2D eigenvalue weighted by molar-refractivity contribution is 5.95. The molecule has 0 saturated carbocycles. The average molecular weight is 1050 g/mol. The van der Waals surface area contributed by atoms with Crippen LogP contribution in [0.25, 0.3) is 44.6 Å². The van der Waals surface area contributed by atoms with Crippen LogP contribution in [-0.4, -0.2) is 161 Å². The predicted molar refractivity (Wildman–Crippen MR) is 247 cm³/mol. The van der Waals surface area contributed by atoms with E-state index >= 15 is 0 Å². The quantitative estimate of drug-likeness (QED) is 0.0920. The SMILES string of the molecule is O=c1c(O)c(-c2cc(O)c3c(c2)C(c2ccc(O)cc2)c2cc(-c4oc5c(O[C@@H]6O[C@H](CO)[C@@H](O)[C@H](O)[C@H]6O)c(O)cc(O)c5c(=O)c4O)cc(O)c2O3)oc2c(O[C@@H]3O[C@H](CO)[C@@H](O)[C@H](O)[C@H]3O)c(O)cc(O)c12. The van der Waals surface area contributed by atoms with E-state index in [9.17, 15) is 96.4 Å². The Morgan fingerprint density at radius 1 is 0.467 bits per heavy atom. The molecular formula is C49H42O26. The number of ether oxygens (including phenoxy) is 5. The Morgan fingerprint density at radius 3 is 1.25 bits per heavy atom. The maximum atomic E-state index is 13.9. The van der Waals surface area contributed by atoms with Gasteiger partial charge in [0, 0.05) is 40.3 Å². The Balaban J connectivity index is 1.13. The number of aromatic hydroxyl groups is 9. The fourth-order valence-corrected chi connectivity index (χ4v) is 9.26. The van der Waals surface area contributed by atoms with Crippen LogP contribution in [0.15, 0.2) is 79.1 Å². The zero-order valence-corrected chi connectivity index (χ0v) is 37.8. The van der Waals surface area contributed by atoms with Crippen LogP contribution >= 0.6 is 0 Å². The van der Waals surface area contributed by atoms with Crippen molar-refractivity contribution in [3.8, 4) is 97.4 Å². The largest absolute Gasteiger partial charge is 0.508 e. The maximum absolute atomic E-state index is 13.9. The molecule has 7 aromatic rings. The summed E-state index contributed by atoms with van der Waals surface area (Å²) < 4.78 is 40.1. The van der Waals surface area contributed by atoms with Gasteiger partial charge in [0.2, 0.25) is 46.4 Å². The van der Waals surface area contributed by atoms with Crippen LogP contribution in [0.5, 0.6) is 74.7 Å². The first-order valence-electron chi connectivity index (χ1n) is 22.3. The number of phenols is 7. The van der Waals surface area contributed by atoms with Crippen LogP contribution in [0, 0.1) is 0 Å². The Hall–Kier alpha value is -8.28. The van der Waals surface area contributed by atoms with E-state index in [1.807, 2.05) is 0 Å². The molecule has 0 bridgehead atoms. The van der Waals surface area contributed by atoms with Crippen molar-refractivity contribution in [3.05, 3.63) is 97.8 Å². The first-order chi connectivity index (χ1) is 35.6. The standard InChI is InChI=1S/C49H42O26/c50-11-25-30(59)34(63)38(67)48(69-25)74-44-23(57)9-19(53)28-32(61)36(65)40(71-46(28)44)14-5-17-27(13-1-3-16(52)4-2-13)18-6-15(8-22(56)43(18)73-42(17)21(55)7-14)41-37(66)33(62)29-20(54)10-24(58)45(47(29)72-41)75-49-39(68)35(64)31(60)26(12-51)70-49/h1-10,25-27,30-31,34-35,38-39,48-60,63-68H,11-12H2/t25-,26-,30-,31-,34+,35+,38-,39-,48+,49+/m1/s1. The second-order valence-electron chi connectivity index (χ2n) is 17.7. The third-order valence-electron chi connectivity index (χ3n) is 13.1.